The summed E-state index contributed by atoms with van der Waals surface area (Å²) in [6.07, 6.45) is 4.79. The Morgan fingerprint density at radius 1 is 1.28 bits per heavy atom. The van der Waals surface area contributed by atoms with E-state index in [1.165, 1.54) is 31.4 Å². The molecule has 0 aromatic heterocycles. The van der Waals surface area contributed by atoms with Gasteiger partial charge in [-0.3, -0.25) is 4.99 Å². The van der Waals surface area contributed by atoms with E-state index in [1.54, 1.807) is 26.3 Å². The standard InChI is InChI=1S/C19H30FN3O2/c1-15(25-17-7-5-16(20)6-8-17)13-22-18(21-2)23-14-19(9-4-10-19)11-12-24-3/h5-8,15H,4,9-14H2,1-3H3,(H2,21,22,23). The molecular formula is C19H30FN3O2. The second kappa shape index (κ2) is 9.61. The van der Waals surface area contributed by atoms with Crippen LogP contribution >= 0.6 is 0 Å². The van der Waals surface area contributed by atoms with E-state index in [4.69, 9.17) is 9.47 Å². The quantitative estimate of drug-likeness (QED) is 0.530. The lowest BCUT2D eigenvalue weighted by Gasteiger charge is -2.42. The fourth-order valence-electron chi connectivity index (χ4n) is 3.03. The van der Waals surface area contributed by atoms with Crippen LogP contribution < -0.4 is 15.4 Å². The Morgan fingerprint density at radius 2 is 2.00 bits per heavy atom. The summed E-state index contributed by atoms with van der Waals surface area (Å²) in [7, 11) is 3.52. The second-order valence-corrected chi connectivity index (χ2v) is 6.79. The predicted octanol–water partition coefficient (Wildman–Crippen LogP) is 2.96. The van der Waals surface area contributed by atoms with Gasteiger partial charge in [0.2, 0.25) is 0 Å². The average molecular weight is 351 g/mol. The third-order valence-electron chi connectivity index (χ3n) is 4.81. The second-order valence-electron chi connectivity index (χ2n) is 6.79. The van der Waals surface area contributed by atoms with Gasteiger partial charge in [0.05, 0.1) is 6.54 Å². The van der Waals surface area contributed by atoms with E-state index in [-0.39, 0.29) is 11.9 Å². The Morgan fingerprint density at radius 3 is 2.56 bits per heavy atom. The SMILES string of the molecule is CN=C(NCC(C)Oc1ccc(F)cc1)NCC1(CCOC)CCC1. The number of halogens is 1. The number of benzene rings is 1. The van der Waals surface area contributed by atoms with Crippen LogP contribution in [0.2, 0.25) is 0 Å². The third kappa shape index (κ3) is 6.20. The average Bonchev–Trinajstić information content (AvgIpc) is 2.58. The Hall–Kier alpha value is -1.82. The maximum Gasteiger partial charge on any atom is 0.191 e. The Kier molecular flexibility index (Phi) is 7.50. The molecule has 2 N–H and O–H groups in total. The van der Waals surface area contributed by atoms with Crippen LogP contribution in [0.5, 0.6) is 5.75 Å². The number of guanidine groups is 1. The molecule has 0 aliphatic heterocycles. The molecule has 5 nitrogen and oxygen atoms in total. The molecule has 0 spiro atoms. The van der Waals surface area contributed by atoms with E-state index in [1.807, 2.05) is 6.92 Å². The van der Waals surface area contributed by atoms with Gasteiger partial charge < -0.3 is 20.1 Å². The third-order valence-corrected chi connectivity index (χ3v) is 4.81. The van der Waals surface area contributed by atoms with E-state index in [9.17, 15) is 4.39 Å². The van der Waals surface area contributed by atoms with E-state index >= 15 is 0 Å². The summed E-state index contributed by atoms with van der Waals surface area (Å²) in [6.45, 7) is 4.29. The van der Waals surface area contributed by atoms with Crippen molar-refractivity contribution in [2.24, 2.45) is 10.4 Å². The molecule has 0 heterocycles. The van der Waals surface area contributed by atoms with Crippen molar-refractivity contribution in [3.63, 3.8) is 0 Å². The molecular weight excluding hydrogens is 321 g/mol. The molecule has 1 saturated carbocycles. The van der Waals surface area contributed by atoms with Gasteiger partial charge in [0, 0.05) is 27.3 Å². The van der Waals surface area contributed by atoms with Crippen molar-refractivity contribution in [3.05, 3.63) is 30.1 Å². The zero-order valence-corrected chi connectivity index (χ0v) is 15.5. The largest absolute Gasteiger partial charge is 0.489 e. The van der Waals surface area contributed by atoms with Crippen LogP contribution in [0.15, 0.2) is 29.3 Å². The molecule has 1 aliphatic rings. The molecule has 140 valence electrons. The lowest BCUT2D eigenvalue weighted by Crippen LogP contribution is -2.48. The fourth-order valence-corrected chi connectivity index (χ4v) is 3.03. The number of nitrogens with zero attached hydrogens (tertiary/aromatic N) is 1. The van der Waals surface area contributed by atoms with Crippen LogP contribution in [0.3, 0.4) is 0 Å². The molecule has 2 rings (SSSR count). The van der Waals surface area contributed by atoms with Gasteiger partial charge >= 0.3 is 0 Å². The first-order valence-corrected chi connectivity index (χ1v) is 8.92. The number of ether oxygens (including phenoxy) is 2. The minimum absolute atomic E-state index is 0.0600. The van der Waals surface area contributed by atoms with Crippen molar-refractivity contribution in [2.45, 2.75) is 38.7 Å². The number of hydrogen-bond donors (Lipinski definition) is 2. The summed E-state index contributed by atoms with van der Waals surface area (Å²) in [5.74, 6) is 1.17. The molecule has 0 amide bonds. The van der Waals surface area contributed by atoms with E-state index in [2.05, 4.69) is 15.6 Å². The van der Waals surface area contributed by atoms with Gasteiger partial charge in [-0.15, -0.1) is 0 Å². The zero-order chi connectivity index (χ0) is 18.1. The number of aliphatic imine (C=N–C) groups is 1. The van der Waals surface area contributed by atoms with Gasteiger partial charge in [-0.1, -0.05) is 6.42 Å². The van der Waals surface area contributed by atoms with Crippen molar-refractivity contribution in [2.75, 3.05) is 33.9 Å². The van der Waals surface area contributed by atoms with E-state index in [0.29, 0.717) is 17.7 Å². The first-order chi connectivity index (χ1) is 12.1. The highest BCUT2D eigenvalue weighted by Gasteiger charge is 2.36. The van der Waals surface area contributed by atoms with Crippen LogP contribution in [0.25, 0.3) is 0 Å². The van der Waals surface area contributed by atoms with Crippen LogP contribution in [-0.4, -0.2) is 45.9 Å². The highest BCUT2D eigenvalue weighted by atomic mass is 19.1. The van der Waals surface area contributed by atoms with Gasteiger partial charge in [-0.25, -0.2) is 4.39 Å². The van der Waals surface area contributed by atoms with Crippen molar-refractivity contribution >= 4 is 5.96 Å². The Bertz CT molecular complexity index is 544. The maximum atomic E-state index is 12.9. The molecule has 1 aromatic rings. The highest BCUT2D eigenvalue weighted by Crippen LogP contribution is 2.43. The number of nitrogens with one attached hydrogen (secondary N) is 2. The molecule has 0 saturated heterocycles. The van der Waals surface area contributed by atoms with Crippen molar-refractivity contribution in [1.29, 1.82) is 0 Å². The van der Waals surface area contributed by atoms with Gasteiger partial charge in [0.15, 0.2) is 5.96 Å². The van der Waals surface area contributed by atoms with Crippen molar-refractivity contribution in [3.8, 4) is 5.75 Å². The summed E-state index contributed by atoms with van der Waals surface area (Å²) >= 11 is 0. The summed E-state index contributed by atoms with van der Waals surface area (Å²) in [4.78, 5) is 4.28. The summed E-state index contributed by atoms with van der Waals surface area (Å²) in [5.41, 5.74) is 0.337. The lowest BCUT2D eigenvalue weighted by atomic mass is 9.67. The normalized spacial score (nSPS) is 17.5. The Balaban J connectivity index is 1.73. The van der Waals surface area contributed by atoms with Gasteiger partial charge in [-0.05, 0) is 55.9 Å². The molecule has 1 aromatic carbocycles. The number of hydrogen-bond acceptors (Lipinski definition) is 3. The summed E-state index contributed by atoms with van der Waals surface area (Å²) in [6, 6.07) is 6.06. The number of methoxy groups -OCH3 is 1. The highest BCUT2D eigenvalue weighted by molar-refractivity contribution is 5.79. The predicted molar refractivity (Wildman–Crippen MR) is 98.6 cm³/mol. The molecule has 0 bridgehead atoms. The monoisotopic (exact) mass is 351 g/mol. The molecule has 1 atom stereocenters. The first kappa shape index (κ1) is 19.5. The van der Waals surface area contributed by atoms with Crippen molar-refractivity contribution in [1.82, 2.24) is 10.6 Å². The smallest absolute Gasteiger partial charge is 0.191 e. The lowest BCUT2D eigenvalue weighted by molar-refractivity contribution is 0.0732. The minimum Gasteiger partial charge on any atom is -0.489 e. The van der Waals surface area contributed by atoms with Crippen LogP contribution in [0, 0.1) is 11.2 Å². The zero-order valence-electron chi connectivity index (χ0n) is 15.5. The molecule has 0 radical (unpaired) electrons. The molecule has 25 heavy (non-hydrogen) atoms. The van der Waals surface area contributed by atoms with E-state index in [0.717, 1.165) is 25.5 Å². The minimum atomic E-state index is -0.263. The van der Waals surface area contributed by atoms with Crippen LogP contribution in [0.1, 0.15) is 32.6 Å². The Labute approximate surface area is 150 Å². The van der Waals surface area contributed by atoms with Gasteiger partial charge in [0.1, 0.15) is 17.7 Å². The molecule has 1 unspecified atom stereocenters. The summed E-state index contributed by atoms with van der Waals surface area (Å²) < 4.78 is 23.9. The summed E-state index contributed by atoms with van der Waals surface area (Å²) in [5, 5.41) is 6.71. The molecule has 1 fully saturated rings. The van der Waals surface area contributed by atoms with Gasteiger partial charge in [0.25, 0.3) is 0 Å². The fraction of sp³-hybridized carbons (Fsp3) is 0.632. The topological polar surface area (TPSA) is 54.9 Å². The van der Waals surface area contributed by atoms with Crippen LogP contribution in [0.4, 0.5) is 4.39 Å². The van der Waals surface area contributed by atoms with Crippen LogP contribution in [-0.2, 0) is 4.74 Å². The van der Waals surface area contributed by atoms with Gasteiger partial charge in [-0.2, -0.15) is 0 Å². The molecule has 6 heteroatoms. The van der Waals surface area contributed by atoms with Crippen molar-refractivity contribution < 1.29 is 13.9 Å². The molecule has 1 aliphatic carbocycles. The maximum absolute atomic E-state index is 12.9. The first-order valence-electron chi connectivity index (χ1n) is 8.92. The number of rotatable bonds is 9. The van der Waals surface area contributed by atoms with E-state index < -0.39 is 0 Å².